The van der Waals surface area contributed by atoms with Crippen LogP contribution in [0.4, 0.5) is 0 Å². The summed E-state index contributed by atoms with van der Waals surface area (Å²) in [6.45, 7) is 4.42. The van der Waals surface area contributed by atoms with Crippen LogP contribution in [0.25, 0.3) is 0 Å². The lowest BCUT2D eigenvalue weighted by molar-refractivity contribution is -0.136. The van der Waals surface area contributed by atoms with E-state index in [1.54, 1.807) is 22.1 Å². The SMILES string of the molecule is C[C@H]1CN([C@@H](C)CO)C(=O)c2cc(C#CC3(O)CCCC3)cnc2O[C@H]1CN(C)C(=O)C1CCCCC1. The summed E-state index contributed by atoms with van der Waals surface area (Å²) in [5.74, 6) is 6.03. The van der Waals surface area contributed by atoms with Crippen LogP contribution in [-0.2, 0) is 4.79 Å². The molecule has 1 aliphatic heterocycles. The summed E-state index contributed by atoms with van der Waals surface area (Å²) in [5, 5.41) is 20.5. The maximum absolute atomic E-state index is 13.6. The maximum atomic E-state index is 13.6. The summed E-state index contributed by atoms with van der Waals surface area (Å²) in [5.41, 5.74) is -0.177. The molecule has 3 aliphatic rings. The van der Waals surface area contributed by atoms with Gasteiger partial charge in [0.2, 0.25) is 11.8 Å². The molecular weight excluding hydrogens is 470 g/mol. The molecule has 202 valence electrons. The Hall–Kier alpha value is -2.63. The number of carbonyl (C=O) groups excluding carboxylic acids is 2. The molecule has 0 aromatic carbocycles. The first-order valence-electron chi connectivity index (χ1n) is 13.8. The van der Waals surface area contributed by atoms with Crippen molar-refractivity contribution in [2.45, 2.75) is 89.4 Å². The molecule has 1 aromatic heterocycles. The highest BCUT2D eigenvalue weighted by Crippen LogP contribution is 2.30. The van der Waals surface area contributed by atoms with Crippen LogP contribution in [0.3, 0.4) is 0 Å². The van der Waals surface area contributed by atoms with Gasteiger partial charge in [-0.1, -0.05) is 38.0 Å². The number of aromatic nitrogens is 1. The Balaban J connectivity index is 1.61. The van der Waals surface area contributed by atoms with E-state index in [4.69, 9.17) is 4.74 Å². The van der Waals surface area contributed by atoms with Gasteiger partial charge in [-0.05, 0) is 51.5 Å². The van der Waals surface area contributed by atoms with Crippen LogP contribution in [0.1, 0.15) is 87.6 Å². The van der Waals surface area contributed by atoms with E-state index in [0.29, 0.717) is 31.5 Å². The van der Waals surface area contributed by atoms with Crippen LogP contribution in [0.2, 0.25) is 0 Å². The number of pyridine rings is 1. The normalized spacial score (nSPS) is 24.7. The topological polar surface area (TPSA) is 103 Å². The highest BCUT2D eigenvalue weighted by molar-refractivity contribution is 5.97. The first-order chi connectivity index (χ1) is 17.7. The van der Waals surface area contributed by atoms with Crippen molar-refractivity contribution in [2.24, 2.45) is 11.8 Å². The number of ether oxygens (including phenoxy) is 1. The maximum Gasteiger partial charge on any atom is 0.259 e. The van der Waals surface area contributed by atoms with Gasteiger partial charge in [-0.25, -0.2) is 4.98 Å². The van der Waals surface area contributed by atoms with Crippen molar-refractivity contribution < 1.29 is 24.5 Å². The molecule has 8 heteroatoms. The van der Waals surface area contributed by atoms with E-state index in [1.807, 2.05) is 20.9 Å². The third kappa shape index (κ3) is 6.45. The van der Waals surface area contributed by atoms with E-state index in [9.17, 15) is 19.8 Å². The fourth-order valence-corrected chi connectivity index (χ4v) is 5.68. The van der Waals surface area contributed by atoms with Crippen LogP contribution in [0.5, 0.6) is 5.88 Å². The largest absolute Gasteiger partial charge is 0.472 e. The summed E-state index contributed by atoms with van der Waals surface area (Å²) < 4.78 is 6.33. The van der Waals surface area contributed by atoms with Crippen molar-refractivity contribution in [2.75, 3.05) is 26.7 Å². The summed E-state index contributed by atoms with van der Waals surface area (Å²) in [7, 11) is 1.83. The van der Waals surface area contributed by atoms with Crippen LogP contribution in [0.15, 0.2) is 12.3 Å². The fourth-order valence-electron chi connectivity index (χ4n) is 5.68. The van der Waals surface area contributed by atoms with Crippen molar-refractivity contribution in [1.82, 2.24) is 14.8 Å². The summed E-state index contributed by atoms with van der Waals surface area (Å²) in [6, 6.07) is 1.27. The Labute approximate surface area is 220 Å². The lowest BCUT2D eigenvalue weighted by Crippen LogP contribution is -2.51. The number of aliphatic hydroxyl groups is 2. The van der Waals surface area contributed by atoms with Gasteiger partial charge in [-0.15, -0.1) is 0 Å². The Kier molecular flexibility index (Phi) is 8.76. The van der Waals surface area contributed by atoms with Crippen molar-refractivity contribution in [3.8, 4) is 17.7 Å². The van der Waals surface area contributed by atoms with Crippen molar-refractivity contribution in [1.29, 1.82) is 0 Å². The molecule has 2 amide bonds. The zero-order valence-corrected chi connectivity index (χ0v) is 22.4. The summed E-state index contributed by atoms with van der Waals surface area (Å²) >= 11 is 0. The molecule has 0 unspecified atom stereocenters. The molecule has 0 bridgehead atoms. The number of likely N-dealkylation sites (N-methyl/N-ethyl adjacent to an activating group) is 1. The molecule has 4 rings (SSSR count). The molecular formula is C29H41N3O5. The fraction of sp³-hybridized carbons (Fsp3) is 0.690. The molecule has 8 nitrogen and oxygen atoms in total. The molecule has 0 spiro atoms. The molecule has 3 atom stereocenters. The molecule has 2 heterocycles. The predicted molar refractivity (Wildman–Crippen MR) is 140 cm³/mol. The lowest BCUT2D eigenvalue weighted by atomic mass is 9.88. The number of carbonyl (C=O) groups is 2. The highest BCUT2D eigenvalue weighted by Gasteiger charge is 2.36. The van der Waals surface area contributed by atoms with E-state index >= 15 is 0 Å². The molecule has 1 aromatic rings. The van der Waals surface area contributed by atoms with E-state index in [1.165, 1.54) is 6.42 Å². The van der Waals surface area contributed by atoms with Gasteiger partial charge in [0, 0.05) is 37.2 Å². The van der Waals surface area contributed by atoms with E-state index in [2.05, 4.69) is 16.8 Å². The van der Waals surface area contributed by atoms with Crippen LogP contribution in [0, 0.1) is 23.7 Å². The zero-order chi connectivity index (χ0) is 26.6. The second-order valence-electron chi connectivity index (χ2n) is 11.2. The third-order valence-electron chi connectivity index (χ3n) is 8.18. The van der Waals surface area contributed by atoms with Gasteiger partial charge in [0.1, 0.15) is 17.3 Å². The van der Waals surface area contributed by atoms with Crippen molar-refractivity contribution >= 4 is 11.8 Å². The molecule has 37 heavy (non-hydrogen) atoms. The number of amides is 2. The lowest BCUT2D eigenvalue weighted by Gasteiger charge is -2.38. The standard InChI is InChI=1S/C29H41N3O5/c1-20-17-32(21(2)19-33)28(35)24-15-22(11-14-29(36)12-7-8-13-29)16-30-26(24)37-25(20)18-31(3)27(34)23-9-5-4-6-10-23/h15-16,20-21,23,25,33,36H,4-10,12-13,17-19H2,1-3H3/t20-,21-,25-/m0/s1. The first-order valence-corrected chi connectivity index (χ1v) is 13.8. The van der Waals surface area contributed by atoms with Crippen molar-refractivity contribution in [3.05, 3.63) is 23.4 Å². The van der Waals surface area contributed by atoms with Gasteiger partial charge in [0.15, 0.2) is 0 Å². The number of aliphatic hydroxyl groups excluding tert-OH is 1. The molecule has 2 aliphatic carbocycles. The minimum Gasteiger partial charge on any atom is -0.472 e. The van der Waals surface area contributed by atoms with E-state index < -0.39 is 11.6 Å². The van der Waals surface area contributed by atoms with Crippen LogP contribution in [-0.4, -0.2) is 81.3 Å². The number of fused-ring (bicyclic) bond motifs is 1. The number of hydrogen-bond donors (Lipinski definition) is 2. The van der Waals surface area contributed by atoms with Gasteiger partial charge >= 0.3 is 0 Å². The second-order valence-corrected chi connectivity index (χ2v) is 11.2. The first kappa shape index (κ1) is 27.4. The second kappa shape index (κ2) is 11.8. The van der Waals surface area contributed by atoms with Gasteiger partial charge in [0.05, 0.1) is 19.2 Å². The predicted octanol–water partition coefficient (Wildman–Crippen LogP) is 3.00. The van der Waals surface area contributed by atoms with Gasteiger partial charge in [-0.2, -0.15) is 0 Å². The highest BCUT2D eigenvalue weighted by atomic mass is 16.5. The number of nitrogens with zero attached hydrogens (tertiary/aromatic N) is 3. The van der Waals surface area contributed by atoms with E-state index in [-0.39, 0.29) is 47.8 Å². The van der Waals surface area contributed by atoms with Crippen molar-refractivity contribution in [3.63, 3.8) is 0 Å². The van der Waals surface area contributed by atoms with Gasteiger partial charge in [-0.3, -0.25) is 9.59 Å². The zero-order valence-electron chi connectivity index (χ0n) is 22.4. The van der Waals surface area contributed by atoms with Gasteiger partial charge < -0.3 is 24.7 Å². The molecule has 0 radical (unpaired) electrons. The Morgan fingerprint density at radius 1 is 1.27 bits per heavy atom. The average molecular weight is 512 g/mol. The Morgan fingerprint density at radius 3 is 2.65 bits per heavy atom. The Morgan fingerprint density at radius 2 is 1.97 bits per heavy atom. The third-order valence-corrected chi connectivity index (χ3v) is 8.18. The number of rotatable bonds is 5. The molecule has 2 N–H and O–H groups in total. The average Bonchev–Trinajstić information content (AvgIpc) is 3.35. The quantitative estimate of drug-likeness (QED) is 0.589. The van der Waals surface area contributed by atoms with Gasteiger partial charge in [0.25, 0.3) is 5.91 Å². The van der Waals surface area contributed by atoms with Crippen LogP contribution >= 0.6 is 0 Å². The minimum atomic E-state index is -0.988. The van der Waals surface area contributed by atoms with E-state index in [0.717, 1.165) is 38.5 Å². The minimum absolute atomic E-state index is 0.0660. The molecule has 0 saturated heterocycles. The molecule has 2 fully saturated rings. The Bertz CT molecular complexity index is 1040. The smallest absolute Gasteiger partial charge is 0.259 e. The van der Waals surface area contributed by atoms with Crippen LogP contribution < -0.4 is 4.74 Å². The monoisotopic (exact) mass is 511 g/mol. The molecule has 2 saturated carbocycles. The number of hydrogen-bond acceptors (Lipinski definition) is 6. The summed E-state index contributed by atoms with van der Waals surface area (Å²) in [4.78, 5) is 34.6. The summed E-state index contributed by atoms with van der Waals surface area (Å²) in [6.07, 6.45) is 9.64.